The van der Waals surface area contributed by atoms with Crippen LogP contribution in [-0.2, 0) is 20.8 Å². The first-order valence-corrected chi connectivity index (χ1v) is 9.39. The summed E-state index contributed by atoms with van der Waals surface area (Å²) in [5, 5.41) is 0. The summed E-state index contributed by atoms with van der Waals surface area (Å²) in [5.74, 6) is 0.130. The monoisotopic (exact) mass is 358 g/mol. The number of rotatable bonds is 4. The van der Waals surface area contributed by atoms with Gasteiger partial charge in [0.2, 0.25) is 5.91 Å². The van der Waals surface area contributed by atoms with Crippen molar-refractivity contribution in [2.24, 2.45) is 0 Å². The van der Waals surface area contributed by atoms with Crippen molar-refractivity contribution in [1.29, 1.82) is 0 Å². The zero-order valence-corrected chi connectivity index (χ0v) is 15.0. The molecule has 1 atom stereocenters. The predicted molar refractivity (Wildman–Crippen MR) is 97.9 cm³/mol. The average molecular weight is 358 g/mol. The van der Waals surface area contributed by atoms with Crippen molar-refractivity contribution >= 4 is 16.9 Å². The highest BCUT2D eigenvalue weighted by Crippen LogP contribution is 2.14. The number of hydrogen-bond donors (Lipinski definition) is 0. The van der Waals surface area contributed by atoms with Crippen LogP contribution in [0.3, 0.4) is 0 Å². The van der Waals surface area contributed by atoms with Gasteiger partial charge in [-0.3, -0.25) is 9.69 Å². The van der Waals surface area contributed by atoms with Crippen molar-refractivity contribution in [3.63, 3.8) is 0 Å². The van der Waals surface area contributed by atoms with Crippen LogP contribution in [0, 0.1) is 0 Å². The summed E-state index contributed by atoms with van der Waals surface area (Å²) < 4.78 is 13.3. The van der Waals surface area contributed by atoms with Gasteiger partial charge in [0, 0.05) is 39.3 Å². The minimum absolute atomic E-state index is 0.0686. The number of benzene rings is 1. The Morgan fingerprint density at radius 1 is 1.15 bits per heavy atom. The van der Waals surface area contributed by atoms with Crippen molar-refractivity contribution in [1.82, 2.24) is 19.4 Å². The van der Waals surface area contributed by atoms with Crippen molar-refractivity contribution in [2.45, 2.75) is 19.1 Å². The van der Waals surface area contributed by atoms with Gasteiger partial charge < -0.3 is 18.9 Å². The van der Waals surface area contributed by atoms with E-state index >= 15 is 0 Å². The molecule has 0 saturated carbocycles. The molecule has 0 spiro atoms. The van der Waals surface area contributed by atoms with Gasteiger partial charge in [-0.15, -0.1) is 0 Å². The summed E-state index contributed by atoms with van der Waals surface area (Å²) in [4.78, 5) is 21.6. The molecule has 26 heavy (non-hydrogen) atoms. The van der Waals surface area contributed by atoms with E-state index in [1.807, 2.05) is 33.7 Å². The number of amides is 1. The highest BCUT2D eigenvalue weighted by atomic mass is 16.5. The number of carbonyl (C=O) groups excluding carboxylic acids is 1. The number of carbonyl (C=O) groups is 1. The highest BCUT2D eigenvalue weighted by Gasteiger charge is 2.25. The Bertz CT molecular complexity index is 741. The van der Waals surface area contributed by atoms with Gasteiger partial charge in [-0.05, 0) is 18.6 Å². The van der Waals surface area contributed by atoms with Crippen molar-refractivity contribution in [3.8, 4) is 0 Å². The number of hydrogen-bond acceptors (Lipinski definition) is 5. The van der Waals surface area contributed by atoms with E-state index in [0.29, 0.717) is 19.7 Å². The van der Waals surface area contributed by atoms with E-state index in [1.165, 1.54) is 0 Å². The lowest BCUT2D eigenvalue weighted by molar-refractivity contribution is -0.132. The summed E-state index contributed by atoms with van der Waals surface area (Å²) >= 11 is 0. The lowest BCUT2D eigenvalue weighted by atomic mass is 10.2. The molecule has 0 aliphatic carbocycles. The van der Waals surface area contributed by atoms with Gasteiger partial charge in [0.25, 0.3) is 0 Å². The molecule has 7 nitrogen and oxygen atoms in total. The molecule has 0 unspecified atom stereocenters. The molecule has 3 heterocycles. The Kier molecular flexibility index (Phi) is 5.48. The zero-order chi connectivity index (χ0) is 17.8. The number of ether oxygens (including phenoxy) is 2. The molecular formula is C19H26N4O3. The van der Waals surface area contributed by atoms with Gasteiger partial charge in [-0.1, -0.05) is 12.1 Å². The van der Waals surface area contributed by atoms with Gasteiger partial charge in [-0.2, -0.15) is 0 Å². The smallest absolute Gasteiger partial charge is 0.242 e. The molecular weight excluding hydrogens is 332 g/mol. The molecule has 140 valence electrons. The van der Waals surface area contributed by atoms with Crippen LogP contribution < -0.4 is 0 Å². The second kappa shape index (κ2) is 8.16. The van der Waals surface area contributed by atoms with E-state index in [0.717, 1.165) is 56.8 Å². The first-order chi connectivity index (χ1) is 12.8. The molecule has 7 heteroatoms. The third-order valence-electron chi connectivity index (χ3n) is 5.10. The number of aromatic nitrogens is 2. The Morgan fingerprint density at radius 2 is 2.00 bits per heavy atom. The molecule has 0 bridgehead atoms. The first-order valence-electron chi connectivity index (χ1n) is 9.39. The van der Waals surface area contributed by atoms with Crippen LogP contribution in [0.25, 0.3) is 11.0 Å². The van der Waals surface area contributed by atoms with Crippen LogP contribution in [0.5, 0.6) is 0 Å². The van der Waals surface area contributed by atoms with Crippen LogP contribution in [0.1, 0.15) is 6.42 Å². The topological polar surface area (TPSA) is 59.8 Å². The SMILES string of the molecule is O=C(Cn1cnc2ccccc21)N1CCCO[C@H](CN2CCOCC2)C1. The van der Waals surface area contributed by atoms with Crippen molar-refractivity contribution < 1.29 is 14.3 Å². The average Bonchev–Trinajstić information content (AvgIpc) is 2.92. The van der Waals surface area contributed by atoms with Gasteiger partial charge >= 0.3 is 0 Å². The quantitative estimate of drug-likeness (QED) is 0.816. The number of fused-ring (bicyclic) bond motifs is 1. The molecule has 2 saturated heterocycles. The molecule has 1 aromatic heterocycles. The van der Waals surface area contributed by atoms with Crippen LogP contribution >= 0.6 is 0 Å². The summed E-state index contributed by atoms with van der Waals surface area (Å²) in [5.41, 5.74) is 1.92. The summed E-state index contributed by atoms with van der Waals surface area (Å²) in [6, 6.07) is 7.91. The van der Waals surface area contributed by atoms with Gasteiger partial charge in [0.15, 0.2) is 0 Å². The van der Waals surface area contributed by atoms with E-state index in [2.05, 4.69) is 9.88 Å². The molecule has 4 rings (SSSR count). The normalized spacial score (nSPS) is 22.5. The molecule has 2 aliphatic heterocycles. The molecule has 2 fully saturated rings. The number of morpholine rings is 1. The first kappa shape index (κ1) is 17.5. The maximum atomic E-state index is 12.9. The Balaban J connectivity index is 1.39. The zero-order valence-electron chi connectivity index (χ0n) is 15.0. The molecule has 1 amide bonds. The van der Waals surface area contributed by atoms with E-state index < -0.39 is 0 Å². The predicted octanol–water partition coefficient (Wildman–Crippen LogP) is 0.986. The third-order valence-corrected chi connectivity index (χ3v) is 5.10. The maximum Gasteiger partial charge on any atom is 0.242 e. The van der Waals surface area contributed by atoms with Gasteiger partial charge in [-0.25, -0.2) is 4.98 Å². The van der Waals surface area contributed by atoms with E-state index in [4.69, 9.17) is 9.47 Å². The minimum atomic E-state index is 0.0686. The summed E-state index contributed by atoms with van der Waals surface area (Å²) in [7, 11) is 0. The standard InChI is InChI=1S/C19H26N4O3/c24-19(14-23-15-20-17-4-1-2-5-18(17)23)22-6-3-9-26-16(13-22)12-21-7-10-25-11-8-21/h1-2,4-5,15-16H,3,6-14H2/t16-/m1/s1. The van der Waals surface area contributed by atoms with E-state index in [-0.39, 0.29) is 12.0 Å². The summed E-state index contributed by atoms with van der Waals surface area (Å²) in [6.07, 6.45) is 2.71. The van der Waals surface area contributed by atoms with Crippen molar-refractivity contribution in [3.05, 3.63) is 30.6 Å². The Morgan fingerprint density at radius 3 is 2.88 bits per heavy atom. The second-order valence-electron chi connectivity index (χ2n) is 6.96. The fraction of sp³-hybridized carbons (Fsp3) is 0.579. The van der Waals surface area contributed by atoms with Crippen LogP contribution in [-0.4, -0.2) is 83.9 Å². The van der Waals surface area contributed by atoms with Gasteiger partial charge in [0.1, 0.15) is 6.54 Å². The van der Waals surface area contributed by atoms with Crippen molar-refractivity contribution in [2.75, 3.05) is 52.5 Å². The number of para-hydroxylation sites is 2. The minimum Gasteiger partial charge on any atom is -0.379 e. The van der Waals surface area contributed by atoms with Crippen LogP contribution in [0.2, 0.25) is 0 Å². The van der Waals surface area contributed by atoms with Gasteiger partial charge in [0.05, 0.1) is 36.7 Å². The lowest BCUT2D eigenvalue weighted by Gasteiger charge is -2.31. The lowest BCUT2D eigenvalue weighted by Crippen LogP contribution is -2.46. The second-order valence-corrected chi connectivity index (χ2v) is 6.96. The number of nitrogens with zero attached hydrogens (tertiary/aromatic N) is 4. The summed E-state index contributed by atoms with van der Waals surface area (Å²) in [6.45, 7) is 6.75. The third kappa shape index (κ3) is 4.06. The fourth-order valence-corrected chi connectivity index (χ4v) is 3.69. The molecule has 1 aromatic carbocycles. The van der Waals surface area contributed by atoms with E-state index in [9.17, 15) is 4.79 Å². The molecule has 2 aliphatic rings. The van der Waals surface area contributed by atoms with E-state index in [1.54, 1.807) is 6.33 Å². The van der Waals surface area contributed by atoms with Crippen LogP contribution in [0.4, 0.5) is 0 Å². The van der Waals surface area contributed by atoms with Crippen LogP contribution in [0.15, 0.2) is 30.6 Å². The molecule has 2 aromatic rings. The highest BCUT2D eigenvalue weighted by molar-refractivity contribution is 5.80. The maximum absolute atomic E-state index is 12.9. The molecule has 0 radical (unpaired) electrons. The number of imidazole rings is 1. The Hall–Kier alpha value is -1.96. The molecule has 0 N–H and O–H groups in total. The fourth-order valence-electron chi connectivity index (χ4n) is 3.69. The Labute approximate surface area is 153 Å². The largest absolute Gasteiger partial charge is 0.379 e.